The fourth-order valence-electron chi connectivity index (χ4n) is 1.86. The summed E-state index contributed by atoms with van der Waals surface area (Å²) in [6.45, 7) is 3.61. The number of nitrogens with one attached hydrogen (secondary N) is 3. The van der Waals surface area contributed by atoms with Crippen molar-refractivity contribution < 1.29 is 18.0 Å². The molecule has 0 heterocycles. The fraction of sp³-hybridized carbons (Fsp3) is 0.846. The first-order valence-corrected chi connectivity index (χ1v) is 9.14. The third-order valence-corrected chi connectivity index (χ3v) is 4.59. The van der Waals surface area contributed by atoms with Gasteiger partial charge in [-0.3, -0.25) is 9.59 Å². The van der Waals surface area contributed by atoms with Crippen LogP contribution in [0.3, 0.4) is 0 Å². The maximum atomic E-state index is 11.7. The van der Waals surface area contributed by atoms with Crippen molar-refractivity contribution in [2.24, 2.45) is 11.7 Å². The average molecular weight is 371 g/mol. The lowest BCUT2D eigenvalue weighted by Crippen LogP contribution is -2.42. The van der Waals surface area contributed by atoms with Crippen LogP contribution in [0.2, 0.25) is 0 Å². The van der Waals surface area contributed by atoms with E-state index in [0.717, 1.165) is 12.8 Å². The molecule has 1 saturated carbocycles. The molecule has 2 amide bonds. The van der Waals surface area contributed by atoms with Crippen LogP contribution in [-0.2, 0) is 19.6 Å². The Labute approximate surface area is 143 Å². The van der Waals surface area contributed by atoms with Crippen LogP contribution in [-0.4, -0.2) is 51.2 Å². The number of hydrogen-bond donors (Lipinski definition) is 4. The molecule has 1 fully saturated rings. The van der Waals surface area contributed by atoms with Crippen molar-refractivity contribution >= 4 is 34.2 Å². The number of carbonyl (C=O) groups is 2. The van der Waals surface area contributed by atoms with E-state index in [2.05, 4.69) is 15.4 Å². The maximum Gasteiger partial charge on any atom is 0.235 e. The zero-order valence-electron chi connectivity index (χ0n) is 13.5. The van der Waals surface area contributed by atoms with E-state index in [-0.39, 0.29) is 49.1 Å². The zero-order chi connectivity index (χ0) is 16.8. The summed E-state index contributed by atoms with van der Waals surface area (Å²) in [5.41, 5.74) is 5.84. The number of carbonyl (C=O) groups excluding carboxylic acids is 2. The minimum Gasteiger partial charge on any atom is -0.355 e. The van der Waals surface area contributed by atoms with E-state index in [1.54, 1.807) is 13.8 Å². The molecule has 0 radical (unpaired) electrons. The summed E-state index contributed by atoms with van der Waals surface area (Å²) in [6.07, 6.45) is 2.03. The molecule has 0 aromatic carbocycles. The predicted octanol–water partition coefficient (Wildman–Crippen LogP) is -0.904. The number of sulfonamides is 1. The molecule has 0 saturated heterocycles. The smallest absolute Gasteiger partial charge is 0.235 e. The highest BCUT2D eigenvalue weighted by Gasteiger charge is 2.28. The summed E-state index contributed by atoms with van der Waals surface area (Å²) in [6, 6.07) is -0.114. The van der Waals surface area contributed by atoms with Crippen LogP contribution < -0.4 is 21.1 Å². The third-order valence-electron chi connectivity index (χ3n) is 3.26. The van der Waals surface area contributed by atoms with E-state index in [9.17, 15) is 18.0 Å². The topological polar surface area (TPSA) is 130 Å². The van der Waals surface area contributed by atoms with Gasteiger partial charge in [0.05, 0.1) is 12.3 Å². The van der Waals surface area contributed by atoms with Gasteiger partial charge in [0.25, 0.3) is 0 Å². The summed E-state index contributed by atoms with van der Waals surface area (Å²) in [5, 5.41) is 5.20. The number of rotatable bonds is 10. The summed E-state index contributed by atoms with van der Waals surface area (Å²) < 4.78 is 25.5. The van der Waals surface area contributed by atoms with E-state index in [1.165, 1.54) is 0 Å². The zero-order valence-corrected chi connectivity index (χ0v) is 15.1. The van der Waals surface area contributed by atoms with E-state index in [0.29, 0.717) is 12.5 Å². The number of halogens is 1. The highest BCUT2D eigenvalue weighted by Crippen LogP contribution is 2.31. The van der Waals surface area contributed by atoms with Crippen LogP contribution in [0, 0.1) is 5.92 Å². The Balaban J connectivity index is 0.00000484. The van der Waals surface area contributed by atoms with Crippen LogP contribution >= 0.6 is 12.4 Å². The van der Waals surface area contributed by atoms with Gasteiger partial charge in [0, 0.05) is 25.0 Å². The second-order valence-electron chi connectivity index (χ2n) is 5.92. The van der Waals surface area contributed by atoms with Crippen molar-refractivity contribution in [3.63, 3.8) is 0 Å². The Morgan fingerprint density at radius 2 is 1.83 bits per heavy atom. The normalized spacial score (nSPS) is 15.7. The Bertz CT molecular complexity index is 494. The number of amides is 2. The SMILES string of the molecule is CC(C)NC(=O)CNS(=O)(=O)CCC(=O)NCC(N)C1CC1.Cl. The van der Waals surface area contributed by atoms with Crippen molar-refractivity contribution in [2.75, 3.05) is 18.8 Å². The monoisotopic (exact) mass is 370 g/mol. The van der Waals surface area contributed by atoms with Crippen LogP contribution in [0.15, 0.2) is 0 Å². The molecule has 0 aliphatic heterocycles. The van der Waals surface area contributed by atoms with Crippen molar-refractivity contribution in [3.8, 4) is 0 Å². The maximum absolute atomic E-state index is 11.7. The largest absolute Gasteiger partial charge is 0.355 e. The van der Waals surface area contributed by atoms with Gasteiger partial charge in [-0.1, -0.05) is 0 Å². The molecule has 5 N–H and O–H groups in total. The second kappa shape index (κ2) is 10.1. The first-order valence-electron chi connectivity index (χ1n) is 7.48. The summed E-state index contributed by atoms with van der Waals surface area (Å²) >= 11 is 0. The van der Waals surface area contributed by atoms with E-state index in [1.807, 2.05) is 0 Å². The fourth-order valence-corrected chi connectivity index (χ4v) is 2.81. The van der Waals surface area contributed by atoms with Crippen molar-refractivity contribution in [2.45, 2.75) is 45.2 Å². The molecule has 136 valence electrons. The Morgan fingerprint density at radius 1 is 1.22 bits per heavy atom. The summed E-state index contributed by atoms with van der Waals surface area (Å²) in [5.74, 6) is -0.636. The van der Waals surface area contributed by atoms with Gasteiger partial charge in [0.1, 0.15) is 0 Å². The second-order valence-corrected chi connectivity index (χ2v) is 7.84. The van der Waals surface area contributed by atoms with Gasteiger partial charge in [-0.05, 0) is 32.6 Å². The van der Waals surface area contributed by atoms with Crippen LogP contribution in [0.4, 0.5) is 0 Å². The molecule has 10 heteroatoms. The molecule has 0 aromatic heterocycles. The molecule has 0 bridgehead atoms. The quantitative estimate of drug-likeness (QED) is 0.395. The highest BCUT2D eigenvalue weighted by molar-refractivity contribution is 7.89. The molecule has 0 aromatic rings. The van der Waals surface area contributed by atoms with Gasteiger partial charge in [-0.25, -0.2) is 13.1 Å². The van der Waals surface area contributed by atoms with Gasteiger partial charge in [-0.2, -0.15) is 0 Å². The molecule has 1 aliphatic rings. The molecule has 1 rings (SSSR count). The summed E-state index contributed by atoms with van der Waals surface area (Å²) in [4.78, 5) is 22.9. The Kier molecular flexibility index (Phi) is 9.67. The lowest BCUT2D eigenvalue weighted by molar-refractivity contribution is -0.121. The lowest BCUT2D eigenvalue weighted by atomic mass is 10.2. The van der Waals surface area contributed by atoms with E-state index < -0.39 is 15.9 Å². The van der Waals surface area contributed by atoms with Gasteiger partial charge in [-0.15, -0.1) is 12.4 Å². The van der Waals surface area contributed by atoms with Gasteiger partial charge in [0.2, 0.25) is 21.8 Å². The Morgan fingerprint density at radius 3 is 2.35 bits per heavy atom. The number of hydrogen-bond acceptors (Lipinski definition) is 5. The van der Waals surface area contributed by atoms with Crippen molar-refractivity contribution in [3.05, 3.63) is 0 Å². The minimum absolute atomic E-state index is 0. The molecular weight excluding hydrogens is 344 g/mol. The molecule has 23 heavy (non-hydrogen) atoms. The average Bonchev–Trinajstić information content (AvgIpc) is 3.24. The van der Waals surface area contributed by atoms with E-state index >= 15 is 0 Å². The molecule has 0 spiro atoms. The van der Waals surface area contributed by atoms with Crippen molar-refractivity contribution in [1.29, 1.82) is 0 Å². The lowest BCUT2D eigenvalue weighted by Gasteiger charge is -2.12. The standard InChI is InChI=1S/C13H26N4O4S.ClH/c1-9(2)17-13(19)8-16-22(20,21)6-5-12(18)15-7-11(14)10-3-4-10;/h9-11,16H,3-8,14H2,1-2H3,(H,15,18)(H,17,19);1H. The molecule has 8 nitrogen and oxygen atoms in total. The van der Waals surface area contributed by atoms with Crippen LogP contribution in [0.5, 0.6) is 0 Å². The molecular formula is C13H27ClN4O4S. The van der Waals surface area contributed by atoms with Crippen LogP contribution in [0.25, 0.3) is 0 Å². The minimum atomic E-state index is -3.65. The first-order chi connectivity index (χ1) is 10.2. The summed E-state index contributed by atoms with van der Waals surface area (Å²) in [7, 11) is -3.65. The highest BCUT2D eigenvalue weighted by atomic mass is 35.5. The van der Waals surface area contributed by atoms with Crippen molar-refractivity contribution in [1.82, 2.24) is 15.4 Å². The van der Waals surface area contributed by atoms with Gasteiger partial charge >= 0.3 is 0 Å². The number of nitrogens with two attached hydrogens (primary N) is 1. The first kappa shape index (κ1) is 22.1. The predicted molar refractivity (Wildman–Crippen MR) is 90.6 cm³/mol. The van der Waals surface area contributed by atoms with Gasteiger partial charge < -0.3 is 16.4 Å². The molecule has 1 aliphatic carbocycles. The van der Waals surface area contributed by atoms with Gasteiger partial charge in [0.15, 0.2) is 0 Å². The van der Waals surface area contributed by atoms with Crippen LogP contribution in [0.1, 0.15) is 33.1 Å². The molecule has 1 unspecified atom stereocenters. The Hall–Kier alpha value is -0.900. The van der Waals surface area contributed by atoms with E-state index in [4.69, 9.17) is 5.73 Å². The third kappa shape index (κ3) is 10.5. The molecule has 1 atom stereocenters.